The van der Waals surface area contributed by atoms with Crippen LogP contribution in [0.2, 0.25) is 0 Å². The number of carbonyl (C=O) groups is 2. The third-order valence-electron chi connectivity index (χ3n) is 7.55. The van der Waals surface area contributed by atoms with Crippen LogP contribution in [0.4, 0.5) is 0 Å². The first-order valence-electron chi connectivity index (χ1n) is 13.4. The molecule has 1 aromatic rings. The Bertz CT molecular complexity index is 1080. The summed E-state index contributed by atoms with van der Waals surface area (Å²) in [5.74, 6) is -1.27. The molecule has 3 heterocycles. The third-order valence-corrected chi connectivity index (χ3v) is 9.50. The summed E-state index contributed by atoms with van der Waals surface area (Å²) in [6, 6.07) is 5.37. The fourth-order valence-electron chi connectivity index (χ4n) is 5.76. The summed E-state index contributed by atoms with van der Waals surface area (Å²) < 4.78 is 31.9. The maximum atomic E-state index is 13.3. The molecule has 11 heteroatoms. The lowest BCUT2D eigenvalue weighted by molar-refractivity contribution is -0.188. The van der Waals surface area contributed by atoms with Crippen molar-refractivity contribution in [1.29, 1.82) is 0 Å². The fourth-order valence-corrected chi connectivity index (χ4v) is 7.31. The van der Waals surface area contributed by atoms with Crippen molar-refractivity contribution < 1.29 is 32.7 Å². The predicted molar refractivity (Wildman–Crippen MR) is 138 cm³/mol. The van der Waals surface area contributed by atoms with E-state index in [4.69, 9.17) is 9.57 Å². The van der Waals surface area contributed by atoms with E-state index in [1.807, 2.05) is 36.9 Å². The van der Waals surface area contributed by atoms with Crippen LogP contribution in [0.25, 0.3) is 0 Å². The molecule has 3 aliphatic rings. The van der Waals surface area contributed by atoms with Gasteiger partial charge in [-0.2, -0.15) is 0 Å². The van der Waals surface area contributed by atoms with Gasteiger partial charge in [-0.25, -0.2) is 17.8 Å². The number of aliphatic carboxylic acids is 1. The number of carboxylic acid groups (broad SMARTS) is 1. The molecule has 10 nitrogen and oxygen atoms in total. The lowest BCUT2D eigenvalue weighted by atomic mass is 9.83. The molecule has 0 bridgehead atoms. The molecule has 3 unspecified atom stereocenters. The zero-order valence-corrected chi connectivity index (χ0v) is 22.6. The highest BCUT2D eigenvalue weighted by Gasteiger charge is 2.47. The summed E-state index contributed by atoms with van der Waals surface area (Å²) in [4.78, 5) is 33.5. The van der Waals surface area contributed by atoms with Crippen molar-refractivity contribution in [3.05, 3.63) is 29.3 Å². The third kappa shape index (κ3) is 6.27. The van der Waals surface area contributed by atoms with Gasteiger partial charge in [0.1, 0.15) is 5.75 Å². The second-order valence-electron chi connectivity index (χ2n) is 10.1. The van der Waals surface area contributed by atoms with Gasteiger partial charge in [0, 0.05) is 44.6 Å². The van der Waals surface area contributed by atoms with Crippen molar-refractivity contribution in [2.75, 3.05) is 51.7 Å². The minimum Gasteiger partial charge on any atom is -0.493 e. The number of carbonyl (C=O) groups excluding carboxylic acids is 1. The van der Waals surface area contributed by atoms with Gasteiger partial charge in [0.05, 0.1) is 31.4 Å². The summed E-state index contributed by atoms with van der Waals surface area (Å²) in [6.45, 7) is 6.57. The van der Waals surface area contributed by atoms with E-state index in [1.54, 1.807) is 0 Å². The van der Waals surface area contributed by atoms with E-state index < -0.39 is 28.0 Å². The highest BCUT2D eigenvalue weighted by atomic mass is 32.2. The van der Waals surface area contributed by atoms with E-state index in [2.05, 4.69) is 0 Å². The first-order valence-corrected chi connectivity index (χ1v) is 15.0. The molecule has 0 aromatic heterocycles. The Kier molecular flexibility index (Phi) is 9.10. The molecule has 37 heavy (non-hydrogen) atoms. The molecular weight excluding hydrogens is 498 g/mol. The van der Waals surface area contributed by atoms with Crippen LogP contribution in [-0.2, 0) is 30.9 Å². The quantitative estimate of drug-likeness (QED) is 0.403. The summed E-state index contributed by atoms with van der Waals surface area (Å²) in [6.07, 6.45) is 3.22. The van der Waals surface area contributed by atoms with E-state index in [0.717, 1.165) is 36.1 Å². The van der Waals surface area contributed by atoms with Crippen molar-refractivity contribution in [1.82, 2.24) is 14.3 Å². The smallest absolute Gasteiger partial charge is 0.308 e. The van der Waals surface area contributed by atoms with Crippen LogP contribution in [0, 0.1) is 5.92 Å². The summed E-state index contributed by atoms with van der Waals surface area (Å²) in [7, 11) is -3.30. The minimum absolute atomic E-state index is 0.0233. The van der Waals surface area contributed by atoms with Gasteiger partial charge in [-0.3, -0.25) is 19.3 Å². The first-order chi connectivity index (χ1) is 17.7. The van der Waals surface area contributed by atoms with E-state index in [9.17, 15) is 23.1 Å². The van der Waals surface area contributed by atoms with Crippen LogP contribution >= 0.6 is 0 Å². The average Bonchev–Trinajstić information content (AvgIpc) is 3.56. The molecule has 4 rings (SSSR count). The number of amides is 1. The van der Waals surface area contributed by atoms with Gasteiger partial charge in [-0.15, -0.1) is 0 Å². The number of hydroxylamine groups is 2. The molecule has 2 fully saturated rings. The van der Waals surface area contributed by atoms with Gasteiger partial charge < -0.3 is 9.84 Å². The Labute approximate surface area is 219 Å². The van der Waals surface area contributed by atoms with Crippen LogP contribution in [0.1, 0.15) is 56.6 Å². The van der Waals surface area contributed by atoms with Crippen LogP contribution in [0.5, 0.6) is 5.75 Å². The molecule has 0 radical (unpaired) electrons. The molecule has 2 saturated heterocycles. The molecule has 0 aliphatic carbocycles. The molecule has 1 N–H and O–H groups in total. The molecular formula is C26H39N3O7S. The van der Waals surface area contributed by atoms with Gasteiger partial charge in [0.25, 0.3) is 5.91 Å². The number of nitrogens with zero attached hydrogens (tertiary/aromatic N) is 3. The van der Waals surface area contributed by atoms with Crippen LogP contribution in [-0.4, -0.2) is 97.4 Å². The average molecular weight is 538 g/mol. The molecule has 1 amide bonds. The SMILES string of the molecule is CCCON(CCC)C(=O)CN1CC(c2ccc3c(c2)CCO3)C(C(=O)O)C1CCN1CCCS1(=O)=O. The highest BCUT2D eigenvalue weighted by Crippen LogP contribution is 2.41. The number of rotatable bonds is 12. The van der Waals surface area contributed by atoms with Crippen molar-refractivity contribution >= 4 is 21.9 Å². The minimum atomic E-state index is -3.30. The Morgan fingerprint density at radius 2 is 2.05 bits per heavy atom. The maximum Gasteiger partial charge on any atom is 0.308 e. The maximum absolute atomic E-state index is 13.3. The summed E-state index contributed by atoms with van der Waals surface area (Å²) >= 11 is 0. The van der Waals surface area contributed by atoms with Crippen LogP contribution in [0.3, 0.4) is 0 Å². The monoisotopic (exact) mass is 537 g/mol. The van der Waals surface area contributed by atoms with Gasteiger partial charge in [-0.05, 0) is 42.9 Å². The van der Waals surface area contributed by atoms with Gasteiger partial charge in [-0.1, -0.05) is 26.0 Å². The molecule has 0 spiro atoms. The fraction of sp³-hybridized carbons (Fsp3) is 0.692. The molecule has 3 aliphatic heterocycles. The summed E-state index contributed by atoms with van der Waals surface area (Å²) in [5, 5.41) is 11.8. The van der Waals surface area contributed by atoms with Crippen molar-refractivity contribution in [3.63, 3.8) is 0 Å². The Morgan fingerprint density at radius 1 is 1.24 bits per heavy atom. The Hall–Kier alpha value is -2.21. The predicted octanol–water partition coefficient (Wildman–Crippen LogP) is 2.10. The molecule has 1 aromatic carbocycles. The van der Waals surface area contributed by atoms with Crippen molar-refractivity contribution in [2.45, 2.75) is 57.9 Å². The van der Waals surface area contributed by atoms with E-state index in [-0.39, 0.29) is 30.7 Å². The number of sulfonamides is 1. The normalized spacial score (nSPS) is 25.2. The lowest BCUT2D eigenvalue weighted by Gasteiger charge is -2.30. The number of ether oxygens (including phenoxy) is 1. The van der Waals surface area contributed by atoms with E-state index in [0.29, 0.717) is 45.7 Å². The zero-order chi connectivity index (χ0) is 26.6. The van der Waals surface area contributed by atoms with Gasteiger partial charge in [0.2, 0.25) is 10.0 Å². The Balaban J connectivity index is 1.59. The van der Waals surface area contributed by atoms with Crippen LogP contribution in [0.15, 0.2) is 18.2 Å². The molecule has 0 saturated carbocycles. The zero-order valence-electron chi connectivity index (χ0n) is 21.8. The van der Waals surface area contributed by atoms with Crippen molar-refractivity contribution in [3.8, 4) is 5.75 Å². The molecule has 3 atom stereocenters. The Morgan fingerprint density at radius 3 is 2.73 bits per heavy atom. The van der Waals surface area contributed by atoms with E-state index in [1.165, 1.54) is 9.37 Å². The highest BCUT2D eigenvalue weighted by molar-refractivity contribution is 7.89. The van der Waals surface area contributed by atoms with Gasteiger partial charge >= 0.3 is 5.97 Å². The van der Waals surface area contributed by atoms with E-state index >= 15 is 0 Å². The van der Waals surface area contributed by atoms with Crippen molar-refractivity contribution in [2.24, 2.45) is 5.92 Å². The number of hydrogen-bond acceptors (Lipinski definition) is 7. The summed E-state index contributed by atoms with van der Waals surface area (Å²) in [5.41, 5.74) is 1.98. The number of carboxylic acids is 1. The topological polar surface area (TPSA) is 117 Å². The second kappa shape index (κ2) is 12.1. The largest absolute Gasteiger partial charge is 0.493 e. The number of fused-ring (bicyclic) bond motifs is 1. The lowest BCUT2D eigenvalue weighted by Crippen LogP contribution is -2.45. The number of hydrogen-bond donors (Lipinski definition) is 1. The second-order valence-corrected chi connectivity index (χ2v) is 12.2. The number of likely N-dealkylation sites (tertiary alicyclic amines) is 1. The van der Waals surface area contributed by atoms with Crippen LogP contribution < -0.4 is 4.74 Å². The molecule has 206 valence electrons. The number of benzene rings is 1. The van der Waals surface area contributed by atoms with Gasteiger partial charge in [0.15, 0.2) is 0 Å². The first kappa shape index (κ1) is 27.8. The standard InChI is InChI=1S/C26H39N3O7S/c1-3-10-29(36-13-4-2)24(30)18-27-17-21(19-6-7-23-20(16-19)9-14-35-23)25(26(31)32)22(27)8-12-28-11-5-15-37(28,33)34/h6-7,16,21-22,25H,3-5,8-15,17-18H2,1-2H3,(H,31,32).